The molecule has 9 heteroatoms. The SMILES string of the molecule is Cc1ccc(-c2ccc(S(=O)(=O)Nc3onc(C)c3Br)s2)o1. The van der Waals surface area contributed by atoms with Gasteiger partial charge in [0.05, 0.1) is 10.6 Å². The van der Waals surface area contributed by atoms with Crippen molar-refractivity contribution in [1.82, 2.24) is 5.16 Å². The molecule has 0 aliphatic heterocycles. The van der Waals surface area contributed by atoms with Crippen LogP contribution < -0.4 is 4.72 Å². The maximum atomic E-state index is 12.4. The van der Waals surface area contributed by atoms with E-state index in [4.69, 9.17) is 8.94 Å². The summed E-state index contributed by atoms with van der Waals surface area (Å²) in [7, 11) is -3.74. The van der Waals surface area contributed by atoms with E-state index in [2.05, 4.69) is 25.8 Å². The number of sulfonamides is 1. The number of hydrogen-bond donors (Lipinski definition) is 1. The highest BCUT2D eigenvalue weighted by molar-refractivity contribution is 9.10. The second-order valence-corrected chi connectivity index (χ2v) is 8.33. The standard InChI is InChI=1S/C13H11BrN2O4S2/c1-7-3-4-9(19-7)10-5-6-11(21-10)22(17,18)16-13-12(14)8(2)15-20-13/h3-6,16H,1-2H3. The van der Waals surface area contributed by atoms with Crippen LogP contribution in [0.25, 0.3) is 10.6 Å². The summed E-state index contributed by atoms with van der Waals surface area (Å²) >= 11 is 4.34. The van der Waals surface area contributed by atoms with Gasteiger partial charge in [-0.2, -0.15) is 0 Å². The lowest BCUT2D eigenvalue weighted by atomic mass is 10.4. The van der Waals surface area contributed by atoms with Crippen LogP contribution in [0.4, 0.5) is 5.88 Å². The van der Waals surface area contributed by atoms with Crippen LogP contribution in [0.2, 0.25) is 0 Å². The molecule has 0 fully saturated rings. The molecule has 0 saturated heterocycles. The molecule has 0 spiro atoms. The van der Waals surface area contributed by atoms with Gasteiger partial charge in [-0.05, 0) is 54.0 Å². The van der Waals surface area contributed by atoms with Crippen molar-refractivity contribution in [3.05, 3.63) is 40.2 Å². The Labute approximate surface area is 139 Å². The van der Waals surface area contributed by atoms with Gasteiger partial charge in [-0.3, -0.25) is 0 Å². The number of aryl methyl sites for hydroxylation is 2. The fourth-order valence-electron chi connectivity index (χ4n) is 1.76. The molecule has 0 bridgehead atoms. The van der Waals surface area contributed by atoms with Gasteiger partial charge in [0, 0.05) is 0 Å². The van der Waals surface area contributed by atoms with Gasteiger partial charge in [-0.25, -0.2) is 13.1 Å². The van der Waals surface area contributed by atoms with E-state index in [-0.39, 0.29) is 10.1 Å². The van der Waals surface area contributed by atoms with E-state index in [1.54, 1.807) is 19.1 Å². The summed E-state index contributed by atoms with van der Waals surface area (Å²) in [5, 5.41) is 3.69. The van der Waals surface area contributed by atoms with E-state index in [1.807, 2.05) is 13.0 Å². The normalized spacial score (nSPS) is 11.8. The molecule has 0 aliphatic carbocycles. The van der Waals surface area contributed by atoms with Crippen molar-refractivity contribution in [2.75, 3.05) is 4.72 Å². The first-order valence-electron chi connectivity index (χ1n) is 6.18. The minimum Gasteiger partial charge on any atom is -0.461 e. The molecule has 3 aromatic heterocycles. The first-order chi connectivity index (χ1) is 10.4. The Morgan fingerprint density at radius 2 is 2.00 bits per heavy atom. The zero-order chi connectivity index (χ0) is 15.9. The topological polar surface area (TPSA) is 85.3 Å². The van der Waals surface area contributed by atoms with Crippen molar-refractivity contribution >= 4 is 43.2 Å². The number of furan rings is 1. The molecule has 0 amide bonds. The molecule has 3 aromatic rings. The molecule has 0 aliphatic rings. The van der Waals surface area contributed by atoms with Crippen LogP contribution in [0.1, 0.15) is 11.5 Å². The molecule has 116 valence electrons. The van der Waals surface area contributed by atoms with Crippen LogP contribution in [0.15, 0.2) is 41.9 Å². The molecule has 0 saturated carbocycles. The summed E-state index contributed by atoms with van der Waals surface area (Å²) in [6.45, 7) is 3.54. The lowest BCUT2D eigenvalue weighted by Gasteiger charge is -2.02. The van der Waals surface area contributed by atoms with Gasteiger partial charge in [-0.1, -0.05) is 5.16 Å². The first-order valence-corrected chi connectivity index (χ1v) is 9.27. The molecule has 0 radical (unpaired) electrons. The van der Waals surface area contributed by atoms with Crippen LogP contribution in [0.5, 0.6) is 0 Å². The molecule has 6 nitrogen and oxygen atoms in total. The maximum Gasteiger partial charge on any atom is 0.273 e. The minimum absolute atomic E-state index is 0.0568. The van der Waals surface area contributed by atoms with Crippen molar-refractivity contribution in [1.29, 1.82) is 0 Å². The number of rotatable bonds is 4. The van der Waals surface area contributed by atoms with E-state index in [0.29, 0.717) is 15.9 Å². The van der Waals surface area contributed by atoms with Gasteiger partial charge in [0.1, 0.15) is 20.2 Å². The van der Waals surface area contributed by atoms with Crippen molar-refractivity contribution in [3.8, 4) is 10.6 Å². The van der Waals surface area contributed by atoms with E-state index >= 15 is 0 Å². The molecule has 3 heterocycles. The fraction of sp³-hybridized carbons (Fsp3) is 0.154. The van der Waals surface area contributed by atoms with Crippen LogP contribution in [-0.2, 0) is 10.0 Å². The van der Waals surface area contributed by atoms with Crippen LogP contribution in [0.3, 0.4) is 0 Å². The van der Waals surface area contributed by atoms with E-state index in [1.165, 1.54) is 6.07 Å². The van der Waals surface area contributed by atoms with E-state index < -0.39 is 10.0 Å². The van der Waals surface area contributed by atoms with Gasteiger partial charge in [-0.15, -0.1) is 11.3 Å². The Balaban J connectivity index is 1.90. The third-order valence-electron chi connectivity index (χ3n) is 2.85. The number of anilines is 1. The summed E-state index contributed by atoms with van der Waals surface area (Å²) in [5.41, 5.74) is 0.565. The third kappa shape index (κ3) is 2.83. The Morgan fingerprint density at radius 1 is 1.23 bits per heavy atom. The van der Waals surface area contributed by atoms with Crippen LogP contribution in [0, 0.1) is 13.8 Å². The summed E-state index contributed by atoms with van der Waals surface area (Å²) in [4.78, 5) is 0.737. The lowest BCUT2D eigenvalue weighted by molar-refractivity contribution is 0.430. The minimum atomic E-state index is -3.74. The Bertz CT molecular complexity index is 924. The van der Waals surface area contributed by atoms with Gasteiger partial charge in [0.2, 0.25) is 0 Å². The first kappa shape index (κ1) is 15.3. The van der Waals surface area contributed by atoms with E-state index in [9.17, 15) is 8.42 Å². The fourth-order valence-corrected chi connectivity index (χ4v) is 4.40. The van der Waals surface area contributed by atoms with Gasteiger partial charge < -0.3 is 8.94 Å². The average Bonchev–Trinajstić information content (AvgIpc) is 3.15. The second-order valence-electron chi connectivity index (χ2n) is 4.55. The largest absolute Gasteiger partial charge is 0.461 e. The summed E-state index contributed by atoms with van der Waals surface area (Å²) in [6.07, 6.45) is 0. The molecule has 3 rings (SSSR count). The smallest absolute Gasteiger partial charge is 0.273 e. The average molecular weight is 403 g/mol. The van der Waals surface area contributed by atoms with Crippen molar-refractivity contribution in [2.45, 2.75) is 18.1 Å². The van der Waals surface area contributed by atoms with Crippen molar-refractivity contribution in [3.63, 3.8) is 0 Å². The molecule has 1 N–H and O–H groups in total. The maximum absolute atomic E-state index is 12.4. The molecule has 0 atom stereocenters. The second kappa shape index (κ2) is 5.56. The summed E-state index contributed by atoms with van der Waals surface area (Å²) < 4.78 is 38.2. The molecule has 22 heavy (non-hydrogen) atoms. The third-order valence-corrected chi connectivity index (χ3v) is 6.70. The predicted molar refractivity (Wildman–Crippen MR) is 86.5 cm³/mol. The zero-order valence-electron chi connectivity index (χ0n) is 11.6. The Kier molecular flexibility index (Phi) is 3.87. The van der Waals surface area contributed by atoms with Gasteiger partial charge in [0.15, 0.2) is 0 Å². The van der Waals surface area contributed by atoms with Crippen LogP contribution in [-0.4, -0.2) is 13.6 Å². The highest BCUT2D eigenvalue weighted by Crippen LogP contribution is 2.34. The Hall–Kier alpha value is -1.58. The highest BCUT2D eigenvalue weighted by atomic mass is 79.9. The van der Waals surface area contributed by atoms with Crippen molar-refractivity contribution in [2.24, 2.45) is 0 Å². The zero-order valence-corrected chi connectivity index (χ0v) is 14.8. The Morgan fingerprint density at radius 3 is 2.59 bits per heavy atom. The molecular formula is C13H11BrN2O4S2. The number of aromatic nitrogens is 1. The molecule has 0 aromatic carbocycles. The number of halogens is 1. The monoisotopic (exact) mass is 402 g/mol. The van der Waals surface area contributed by atoms with E-state index in [0.717, 1.165) is 22.0 Å². The van der Waals surface area contributed by atoms with Crippen molar-refractivity contribution < 1.29 is 17.4 Å². The van der Waals surface area contributed by atoms with Gasteiger partial charge >= 0.3 is 0 Å². The number of thiophene rings is 1. The quantitative estimate of drug-likeness (QED) is 0.707. The number of nitrogens with one attached hydrogen (secondary N) is 1. The number of hydrogen-bond acceptors (Lipinski definition) is 6. The predicted octanol–water partition coefficient (Wildman–Crippen LogP) is 4.18. The summed E-state index contributed by atoms with van der Waals surface area (Å²) in [6, 6.07) is 6.87. The lowest BCUT2D eigenvalue weighted by Crippen LogP contribution is -2.11. The highest BCUT2D eigenvalue weighted by Gasteiger charge is 2.22. The summed E-state index contributed by atoms with van der Waals surface area (Å²) in [5.74, 6) is 1.47. The molecule has 0 unspecified atom stereocenters. The van der Waals surface area contributed by atoms with Crippen LogP contribution >= 0.6 is 27.3 Å². The van der Waals surface area contributed by atoms with Gasteiger partial charge in [0.25, 0.3) is 15.9 Å². The molecular weight excluding hydrogens is 392 g/mol. The number of nitrogens with zero attached hydrogens (tertiary/aromatic N) is 1.